The van der Waals surface area contributed by atoms with E-state index in [0.717, 1.165) is 0 Å². The van der Waals surface area contributed by atoms with E-state index in [1.54, 1.807) is 0 Å². The largest absolute Gasteiger partial charge is 0.180 e. The summed E-state index contributed by atoms with van der Waals surface area (Å²) in [6, 6.07) is 9.25. The Morgan fingerprint density at radius 3 is 2.38 bits per heavy atom. The van der Waals surface area contributed by atoms with Crippen molar-refractivity contribution in [3.63, 3.8) is 0 Å². The second-order valence-corrected chi connectivity index (χ2v) is 2.05. The van der Waals surface area contributed by atoms with Crippen LogP contribution in [-0.2, 0) is 0 Å². The predicted octanol–water partition coefficient (Wildman–Crippen LogP) is 2.10. The molecule has 1 aromatic rings. The zero-order valence-corrected chi connectivity index (χ0v) is 5.23. The molecule has 0 saturated heterocycles. The second-order valence-electron chi connectivity index (χ2n) is 2.05. The zero-order valence-electron chi connectivity index (χ0n) is 5.23. The Labute approximate surface area is 50.2 Å². The Bertz CT molecular complexity index is 139. The first-order valence-electron chi connectivity index (χ1n) is 2.74. The van der Waals surface area contributed by atoms with Gasteiger partial charge >= 0.3 is 0 Å². The number of rotatable bonds is 0. The molecule has 0 heterocycles. The lowest BCUT2D eigenvalue weighted by molar-refractivity contribution is 1.39. The highest BCUT2D eigenvalue weighted by Crippen LogP contribution is 1.98. The maximum atomic E-state index is 3.10. The van der Waals surface area contributed by atoms with Crippen molar-refractivity contribution in [1.29, 1.82) is 0 Å². The Morgan fingerprint density at radius 2 is 2.00 bits per heavy atom. The van der Waals surface area contributed by atoms with Crippen molar-refractivity contribution in [2.75, 3.05) is 0 Å². The molecule has 0 aliphatic rings. The lowest BCUT2D eigenvalue weighted by atomic mass is 10.2. The molecule has 0 spiro atoms. The summed E-state index contributed by atoms with van der Waals surface area (Å²) in [4.78, 5) is 0. The van der Waals surface area contributed by atoms with Crippen LogP contribution in [0.2, 0.25) is 0 Å². The summed E-state index contributed by atoms with van der Waals surface area (Å²) >= 11 is 0. The first kappa shape index (κ1) is 5.36. The first-order valence-corrected chi connectivity index (χ1v) is 2.74. The fourth-order valence-electron chi connectivity index (χ4n) is 0.580. The third-order valence-corrected chi connectivity index (χ3v) is 1.12. The van der Waals surface area contributed by atoms with Crippen molar-refractivity contribution in [1.82, 2.24) is 0 Å². The van der Waals surface area contributed by atoms with Gasteiger partial charge in [-0.25, -0.2) is 0 Å². The standard InChI is InChI=1S/C8H9/c1-7-3-5-8(2)6-4-7/h3-5H,1-2H3/q-1. The molecular weight excluding hydrogens is 96.1 g/mol. The summed E-state index contributed by atoms with van der Waals surface area (Å²) in [5.41, 5.74) is 2.48. The first-order chi connectivity index (χ1) is 3.79. The van der Waals surface area contributed by atoms with Crippen molar-refractivity contribution in [3.05, 3.63) is 35.4 Å². The van der Waals surface area contributed by atoms with Crippen LogP contribution >= 0.6 is 0 Å². The second kappa shape index (κ2) is 1.99. The fraction of sp³-hybridized carbons (Fsp3) is 0.250. The minimum absolute atomic E-state index is 1.20. The normalized spacial score (nSPS) is 9.25. The van der Waals surface area contributed by atoms with E-state index in [-0.39, 0.29) is 0 Å². The smallest absolute Gasteiger partial charge is 0.0630 e. The van der Waals surface area contributed by atoms with Crippen LogP contribution in [0.4, 0.5) is 0 Å². The molecule has 0 saturated carbocycles. The van der Waals surface area contributed by atoms with Gasteiger partial charge in [-0.2, -0.15) is 35.4 Å². The SMILES string of the molecule is Cc1[c-]cc(C)cc1. The molecule has 0 radical (unpaired) electrons. The van der Waals surface area contributed by atoms with Crippen LogP contribution in [-0.4, -0.2) is 0 Å². The van der Waals surface area contributed by atoms with Crippen LogP contribution < -0.4 is 0 Å². The third-order valence-electron chi connectivity index (χ3n) is 1.12. The summed E-state index contributed by atoms with van der Waals surface area (Å²) < 4.78 is 0. The van der Waals surface area contributed by atoms with Crippen LogP contribution in [0.15, 0.2) is 18.2 Å². The predicted molar refractivity (Wildman–Crippen MR) is 34.8 cm³/mol. The summed E-state index contributed by atoms with van der Waals surface area (Å²) in [6.45, 7) is 4.11. The highest BCUT2D eigenvalue weighted by molar-refractivity contribution is 5.18. The van der Waals surface area contributed by atoms with Crippen LogP contribution in [0.5, 0.6) is 0 Å². The summed E-state index contributed by atoms with van der Waals surface area (Å²) in [5.74, 6) is 0. The summed E-state index contributed by atoms with van der Waals surface area (Å²) in [7, 11) is 0. The lowest BCUT2D eigenvalue weighted by Gasteiger charge is -2.00. The van der Waals surface area contributed by atoms with Crippen molar-refractivity contribution >= 4 is 0 Å². The average Bonchev–Trinajstić information content (AvgIpc) is 1.77. The number of hydrogen-bond donors (Lipinski definition) is 0. The number of aryl methyl sites for hydroxylation is 2. The van der Waals surface area contributed by atoms with Crippen molar-refractivity contribution in [2.24, 2.45) is 0 Å². The molecule has 1 rings (SSSR count). The molecule has 0 N–H and O–H groups in total. The van der Waals surface area contributed by atoms with E-state index in [4.69, 9.17) is 0 Å². The highest BCUT2D eigenvalue weighted by Gasteiger charge is 1.69. The monoisotopic (exact) mass is 105 g/mol. The molecule has 8 heavy (non-hydrogen) atoms. The van der Waals surface area contributed by atoms with E-state index in [2.05, 4.69) is 25.1 Å². The van der Waals surface area contributed by atoms with Crippen LogP contribution in [0.3, 0.4) is 0 Å². The summed E-state index contributed by atoms with van der Waals surface area (Å²) in [6.07, 6.45) is 0. The molecule has 0 amide bonds. The average molecular weight is 105 g/mol. The molecular formula is C8H9-. The molecule has 0 atom stereocenters. The topological polar surface area (TPSA) is 0 Å². The van der Waals surface area contributed by atoms with Crippen LogP contribution in [0.25, 0.3) is 0 Å². The van der Waals surface area contributed by atoms with Gasteiger partial charge in [-0.3, -0.25) is 0 Å². The molecule has 42 valence electrons. The van der Waals surface area contributed by atoms with Gasteiger partial charge in [0.1, 0.15) is 0 Å². The van der Waals surface area contributed by atoms with Gasteiger partial charge < -0.3 is 0 Å². The van der Waals surface area contributed by atoms with Gasteiger partial charge in [0.15, 0.2) is 0 Å². The fourth-order valence-corrected chi connectivity index (χ4v) is 0.580. The molecule has 0 bridgehead atoms. The number of hydrogen-bond acceptors (Lipinski definition) is 0. The highest BCUT2D eigenvalue weighted by atomic mass is 13.9. The van der Waals surface area contributed by atoms with E-state index in [0.29, 0.717) is 0 Å². The van der Waals surface area contributed by atoms with Gasteiger partial charge in [0.25, 0.3) is 0 Å². The van der Waals surface area contributed by atoms with E-state index >= 15 is 0 Å². The molecule has 0 fully saturated rings. The minimum Gasteiger partial charge on any atom is -0.180 e. The number of benzene rings is 1. The van der Waals surface area contributed by atoms with Crippen LogP contribution in [0.1, 0.15) is 11.1 Å². The van der Waals surface area contributed by atoms with E-state index in [1.165, 1.54) is 11.1 Å². The Morgan fingerprint density at radius 1 is 1.25 bits per heavy atom. The third kappa shape index (κ3) is 1.09. The minimum atomic E-state index is 1.20. The molecule has 0 nitrogen and oxygen atoms in total. The van der Waals surface area contributed by atoms with Gasteiger partial charge in [0, 0.05) is 0 Å². The van der Waals surface area contributed by atoms with Gasteiger partial charge in [-0.15, -0.1) is 0 Å². The van der Waals surface area contributed by atoms with Crippen molar-refractivity contribution in [2.45, 2.75) is 13.8 Å². The quantitative estimate of drug-likeness (QED) is 0.443. The van der Waals surface area contributed by atoms with Crippen molar-refractivity contribution in [3.8, 4) is 0 Å². The molecule has 0 aliphatic heterocycles. The maximum absolute atomic E-state index is 3.10. The Hall–Kier alpha value is -0.780. The van der Waals surface area contributed by atoms with E-state index in [1.807, 2.05) is 13.0 Å². The van der Waals surface area contributed by atoms with Gasteiger partial charge in [0.2, 0.25) is 0 Å². The Kier molecular flexibility index (Phi) is 1.34. The van der Waals surface area contributed by atoms with Gasteiger partial charge in [0.05, 0.1) is 0 Å². The maximum Gasteiger partial charge on any atom is -0.0630 e. The molecule has 0 aromatic heterocycles. The lowest BCUT2D eigenvalue weighted by Crippen LogP contribution is -1.71. The van der Waals surface area contributed by atoms with Gasteiger partial charge in [-0.05, 0) is 0 Å². The van der Waals surface area contributed by atoms with Crippen LogP contribution in [0, 0.1) is 19.9 Å². The molecule has 0 aliphatic carbocycles. The zero-order chi connectivity index (χ0) is 5.98. The Balaban J connectivity index is 3.03. The van der Waals surface area contributed by atoms with E-state index < -0.39 is 0 Å². The van der Waals surface area contributed by atoms with E-state index in [9.17, 15) is 0 Å². The molecule has 1 aromatic carbocycles. The summed E-state index contributed by atoms with van der Waals surface area (Å²) in [5, 5.41) is 0. The van der Waals surface area contributed by atoms with Crippen molar-refractivity contribution < 1.29 is 0 Å². The van der Waals surface area contributed by atoms with Gasteiger partial charge in [-0.1, -0.05) is 13.8 Å². The molecule has 0 unspecified atom stereocenters. The molecule has 0 heteroatoms.